The normalized spacial score (nSPS) is 24.1. The van der Waals surface area contributed by atoms with E-state index in [1.807, 2.05) is 18.4 Å². The molecule has 0 aromatic heterocycles. The van der Waals surface area contributed by atoms with Crippen LogP contribution in [0.4, 0.5) is 0 Å². The molecule has 0 saturated carbocycles. The highest BCUT2D eigenvalue weighted by atomic mass is 16.5. The molecule has 6 heteroatoms. The molecule has 1 saturated heterocycles. The molecule has 2 heterocycles. The third-order valence-corrected chi connectivity index (χ3v) is 3.37. The van der Waals surface area contributed by atoms with Gasteiger partial charge < -0.3 is 15.4 Å². The van der Waals surface area contributed by atoms with Gasteiger partial charge in [-0.3, -0.25) is 4.90 Å². The number of allylic oxidation sites excluding steroid dienone is 1. The molecule has 0 amide bonds. The number of aliphatic imine (C=N–C) groups is 1. The van der Waals surface area contributed by atoms with E-state index >= 15 is 0 Å². The Hall–Kier alpha value is -2.00. The van der Waals surface area contributed by atoms with Crippen molar-refractivity contribution >= 4 is 5.96 Å². The second-order valence-electron chi connectivity index (χ2n) is 4.56. The highest BCUT2D eigenvalue weighted by Crippen LogP contribution is 2.21. The number of nitrogens with zero attached hydrogens (tertiary/aromatic N) is 4. The molecule has 2 aliphatic rings. The summed E-state index contributed by atoms with van der Waals surface area (Å²) in [5, 5.41) is 8.61. The van der Waals surface area contributed by atoms with E-state index in [1.54, 1.807) is 18.2 Å². The molecule has 19 heavy (non-hydrogen) atoms. The van der Waals surface area contributed by atoms with Crippen molar-refractivity contribution in [1.29, 1.82) is 5.26 Å². The number of hydrogen-bond donors (Lipinski definition) is 1. The molecule has 0 aromatic carbocycles. The van der Waals surface area contributed by atoms with E-state index in [-0.39, 0.29) is 12.2 Å². The maximum Gasteiger partial charge on any atom is 0.213 e. The molecule has 2 aliphatic heterocycles. The molecule has 1 fully saturated rings. The summed E-state index contributed by atoms with van der Waals surface area (Å²) in [7, 11) is 1.60. The molecule has 0 radical (unpaired) electrons. The van der Waals surface area contributed by atoms with Crippen LogP contribution < -0.4 is 5.73 Å². The summed E-state index contributed by atoms with van der Waals surface area (Å²) in [4.78, 5) is 7.57. The standard InChI is InChI=1S/C13H19N5O/c1-19-12-6-5-11(17-7-3-2-4-8-17)9-18(12)13(15)16-10-14/h5-6,9,12H,2-4,7-8H2,1H3,(H2,15,16)/t12-/m1/s1. The minimum absolute atomic E-state index is 0.146. The smallest absolute Gasteiger partial charge is 0.213 e. The topological polar surface area (TPSA) is 77.9 Å². The fraction of sp³-hybridized carbons (Fsp3) is 0.538. The van der Waals surface area contributed by atoms with E-state index in [2.05, 4.69) is 9.89 Å². The second-order valence-corrected chi connectivity index (χ2v) is 4.56. The zero-order chi connectivity index (χ0) is 13.7. The van der Waals surface area contributed by atoms with Crippen LogP contribution >= 0.6 is 0 Å². The Morgan fingerprint density at radius 2 is 2.21 bits per heavy atom. The number of rotatable bonds is 2. The Bertz CT molecular complexity index is 442. The molecule has 1 atom stereocenters. The molecule has 0 aromatic rings. The maximum atomic E-state index is 8.61. The molecular weight excluding hydrogens is 242 g/mol. The van der Waals surface area contributed by atoms with Gasteiger partial charge in [-0.25, -0.2) is 0 Å². The summed E-state index contributed by atoms with van der Waals surface area (Å²) in [5.74, 6) is 0.146. The van der Waals surface area contributed by atoms with Crippen LogP contribution in [0, 0.1) is 11.5 Å². The van der Waals surface area contributed by atoms with Gasteiger partial charge in [-0.05, 0) is 31.4 Å². The van der Waals surface area contributed by atoms with E-state index in [9.17, 15) is 0 Å². The quantitative estimate of drug-likeness (QED) is 0.455. The average molecular weight is 261 g/mol. The first kappa shape index (κ1) is 13.4. The minimum atomic E-state index is -0.314. The number of ether oxygens (including phenoxy) is 1. The summed E-state index contributed by atoms with van der Waals surface area (Å²) in [6, 6.07) is 0. The summed E-state index contributed by atoms with van der Waals surface area (Å²) >= 11 is 0. The molecule has 2 N–H and O–H groups in total. The number of methoxy groups -OCH3 is 1. The van der Waals surface area contributed by atoms with Gasteiger partial charge in [0.2, 0.25) is 12.2 Å². The van der Waals surface area contributed by atoms with Gasteiger partial charge in [-0.2, -0.15) is 5.26 Å². The zero-order valence-corrected chi connectivity index (χ0v) is 11.1. The van der Waals surface area contributed by atoms with E-state index in [0.29, 0.717) is 0 Å². The number of hydrogen-bond acceptors (Lipinski definition) is 4. The first-order valence-electron chi connectivity index (χ1n) is 6.44. The molecule has 0 bridgehead atoms. The van der Waals surface area contributed by atoms with Crippen LogP contribution in [0.2, 0.25) is 0 Å². The first-order chi connectivity index (χ1) is 9.26. The van der Waals surface area contributed by atoms with Crippen LogP contribution in [0.1, 0.15) is 19.3 Å². The Kier molecular flexibility index (Phi) is 4.42. The Morgan fingerprint density at radius 3 is 2.84 bits per heavy atom. The van der Waals surface area contributed by atoms with Crippen molar-refractivity contribution in [2.24, 2.45) is 10.7 Å². The lowest BCUT2D eigenvalue weighted by Crippen LogP contribution is -2.44. The summed E-state index contributed by atoms with van der Waals surface area (Å²) in [6.45, 7) is 2.11. The van der Waals surface area contributed by atoms with Crippen molar-refractivity contribution in [1.82, 2.24) is 9.80 Å². The highest BCUT2D eigenvalue weighted by Gasteiger charge is 2.22. The summed E-state index contributed by atoms with van der Waals surface area (Å²) in [5.41, 5.74) is 6.88. The van der Waals surface area contributed by atoms with Gasteiger partial charge in [0.05, 0.1) is 5.70 Å². The molecule has 6 nitrogen and oxygen atoms in total. The van der Waals surface area contributed by atoms with Crippen molar-refractivity contribution in [2.45, 2.75) is 25.5 Å². The Balaban J connectivity index is 2.19. The van der Waals surface area contributed by atoms with E-state index in [1.165, 1.54) is 19.3 Å². The average Bonchev–Trinajstić information content (AvgIpc) is 2.47. The third kappa shape index (κ3) is 3.06. The van der Waals surface area contributed by atoms with Gasteiger partial charge in [0, 0.05) is 26.4 Å². The number of likely N-dealkylation sites (tertiary alicyclic amines) is 1. The monoisotopic (exact) mass is 261 g/mol. The number of nitrogens with two attached hydrogens (primary N) is 1. The molecular formula is C13H19N5O. The minimum Gasteiger partial charge on any atom is -0.370 e. The Labute approximate surface area is 113 Å². The van der Waals surface area contributed by atoms with Gasteiger partial charge in [0.15, 0.2) is 6.23 Å². The molecule has 102 valence electrons. The number of piperidine rings is 1. The van der Waals surface area contributed by atoms with Crippen LogP contribution in [0.15, 0.2) is 29.0 Å². The lowest BCUT2D eigenvalue weighted by molar-refractivity contribution is 0.0636. The van der Waals surface area contributed by atoms with Crippen LogP contribution in [-0.4, -0.2) is 42.2 Å². The van der Waals surface area contributed by atoms with Crippen molar-refractivity contribution in [3.05, 3.63) is 24.0 Å². The van der Waals surface area contributed by atoms with Crippen LogP contribution in [0.25, 0.3) is 0 Å². The fourth-order valence-corrected chi connectivity index (χ4v) is 2.37. The van der Waals surface area contributed by atoms with Gasteiger partial charge in [-0.15, -0.1) is 4.99 Å². The van der Waals surface area contributed by atoms with Gasteiger partial charge in [0.25, 0.3) is 0 Å². The fourth-order valence-electron chi connectivity index (χ4n) is 2.37. The highest BCUT2D eigenvalue weighted by molar-refractivity contribution is 5.80. The molecule has 0 aliphatic carbocycles. The van der Waals surface area contributed by atoms with Crippen LogP contribution in [0.3, 0.4) is 0 Å². The first-order valence-corrected chi connectivity index (χ1v) is 6.44. The zero-order valence-electron chi connectivity index (χ0n) is 11.1. The predicted octanol–water partition coefficient (Wildman–Crippen LogP) is 0.954. The van der Waals surface area contributed by atoms with Crippen molar-refractivity contribution in [3.63, 3.8) is 0 Å². The summed E-state index contributed by atoms with van der Waals surface area (Å²) < 4.78 is 5.31. The van der Waals surface area contributed by atoms with E-state index < -0.39 is 0 Å². The van der Waals surface area contributed by atoms with Crippen molar-refractivity contribution in [3.8, 4) is 6.19 Å². The SMILES string of the molecule is CO[C@@H]1C=CC(N2CCCCC2)=CN1C(N)=NC#N. The maximum absolute atomic E-state index is 8.61. The molecule has 0 unspecified atom stereocenters. The number of nitriles is 1. The van der Waals surface area contributed by atoms with Gasteiger partial charge in [-0.1, -0.05) is 0 Å². The van der Waals surface area contributed by atoms with Crippen molar-refractivity contribution in [2.75, 3.05) is 20.2 Å². The molecule has 2 rings (SSSR count). The van der Waals surface area contributed by atoms with E-state index in [4.69, 9.17) is 15.7 Å². The molecule has 0 spiro atoms. The third-order valence-electron chi connectivity index (χ3n) is 3.37. The summed E-state index contributed by atoms with van der Waals surface area (Å²) in [6.07, 6.45) is 11.0. The Morgan fingerprint density at radius 1 is 1.47 bits per heavy atom. The van der Waals surface area contributed by atoms with Crippen molar-refractivity contribution < 1.29 is 4.74 Å². The largest absolute Gasteiger partial charge is 0.370 e. The van der Waals surface area contributed by atoms with Crippen LogP contribution in [0.5, 0.6) is 0 Å². The predicted molar refractivity (Wildman–Crippen MR) is 72.5 cm³/mol. The van der Waals surface area contributed by atoms with Gasteiger partial charge in [0.1, 0.15) is 0 Å². The lowest BCUT2D eigenvalue weighted by Gasteiger charge is -2.35. The number of guanidine groups is 1. The second kappa shape index (κ2) is 6.25. The lowest BCUT2D eigenvalue weighted by atomic mass is 10.1. The van der Waals surface area contributed by atoms with E-state index in [0.717, 1.165) is 18.8 Å². The van der Waals surface area contributed by atoms with Crippen LogP contribution in [-0.2, 0) is 4.74 Å². The van der Waals surface area contributed by atoms with Gasteiger partial charge >= 0.3 is 0 Å².